The maximum Gasteiger partial charge on any atom is 0.410 e. The molecule has 3 fully saturated rings. The van der Waals surface area contributed by atoms with Gasteiger partial charge >= 0.3 is 6.09 Å². The molecule has 2 saturated heterocycles. The van der Waals surface area contributed by atoms with Crippen LogP contribution >= 0.6 is 0 Å². The van der Waals surface area contributed by atoms with Crippen molar-refractivity contribution < 1.29 is 27.1 Å². The number of carbonyl (C=O) groups excluding carboxylic acids is 1. The SMILES string of the molecule is CS(=O)(=O)N[C@H]1CCCN(C(=O)OC2CC2)[C@H]1COC1CCN(c2ccccc2F)CC1. The van der Waals surface area contributed by atoms with Crippen LogP contribution in [0.5, 0.6) is 0 Å². The van der Waals surface area contributed by atoms with Gasteiger partial charge in [0.25, 0.3) is 0 Å². The van der Waals surface area contributed by atoms with E-state index in [0.29, 0.717) is 38.2 Å². The molecule has 1 saturated carbocycles. The van der Waals surface area contributed by atoms with Crippen LogP contribution in [-0.4, -0.2) is 76.2 Å². The third-order valence-corrected chi connectivity index (χ3v) is 7.04. The number of piperidine rings is 2. The van der Waals surface area contributed by atoms with Gasteiger partial charge < -0.3 is 19.3 Å². The number of sulfonamides is 1. The summed E-state index contributed by atoms with van der Waals surface area (Å²) in [6.07, 6.45) is 5.26. The topological polar surface area (TPSA) is 88.2 Å². The predicted octanol–water partition coefficient (Wildman–Crippen LogP) is 2.49. The van der Waals surface area contributed by atoms with E-state index in [-0.39, 0.29) is 24.6 Å². The Hall–Kier alpha value is -1.91. The van der Waals surface area contributed by atoms with Gasteiger partial charge in [0.05, 0.1) is 30.7 Å². The third-order valence-electron chi connectivity index (χ3n) is 6.31. The Labute approximate surface area is 189 Å². The normalized spacial score (nSPS) is 25.1. The maximum absolute atomic E-state index is 14.1. The van der Waals surface area contributed by atoms with Gasteiger partial charge in [0.1, 0.15) is 11.9 Å². The summed E-state index contributed by atoms with van der Waals surface area (Å²) in [4.78, 5) is 16.3. The molecule has 1 aromatic rings. The van der Waals surface area contributed by atoms with Gasteiger partial charge in [0, 0.05) is 25.7 Å². The molecule has 0 radical (unpaired) electrons. The van der Waals surface area contributed by atoms with Crippen molar-refractivity contribution in [3.63, 3.8) is 0 Å². The minimum Gasteiger partial charge on any atom is -0.446 e. The monoisotopic (exact) mass is 469 g/mol. The molecule has 0 unspecified atom stereocenters. The van der Waals surface area contributed by atoms with E-state index in [1.54, 1.807) is 17.0 Å². The van der Waals surface area contributed by atoms with Crippen LogP contribution < -0.4 is 9.62 Å². The molecular weight excluding hydrogens is 437 g/mol. The molecule has 2 aliphatic heterocycles. The average molecular weight is 470 g/mol. The van der Waals surface area contributed by atoms with E-state index in [0.717, 1.165) is 31.9 Å². The molecule has 4 rings (SSSR count). The fourth-order valence-corrected chi connectivity index (χ4v) is 5.33. The van der Waals surface area contributed by atoms with Crippen molar-refractivity contribution in [3.05, 3.63) is 30.1 Å². The fourth-order valence-electron chi connectivity index (χ4n) is 4.50. The Kier molecular flexibility index (Phi) is 7.21. The van der Waals surface area contributed by atoms with E-state index in [1.807, 2.05) is 11.0 Å². The summed E-state index contributed by atoms with van der Waals surface area (Å²) >= 11 is 0. The van der Waals surface area contributed by atoms with Gasteiger partial charge in [-0.2, -0.15) is 0 Å². The van der Waals surface area contributed by atoms with Crippen LogP contribution in [0.25, 0.3) is 0 Å². The van der Waals surface area contributed by atoms with Crippen molar-refractivity contribution in [1.29, 1.82) is 0 Å². The number of benzene rings is 1. The molecule has 10 heteroatoms. The van der Waals surface area contributed by atoms with E-state index in [9.17, 15) is 17.6 Å². The summed E-state index contributed by atoms with van der Waals surface area (Å²) in [7, 11) is -3.43. The van der Waals surface area contributed by atoms with Gasteiger partial charge in [-0.15, -0.1) is 0 Å². The molecule has 0 spiro atoms. The van der Waals surface area contributed by atoms with Gasteiger partial charge in [-0.05, 0) is 50.7 Å². The van der Waals surface area contributed by atoms with Crippen molar-refractivity contribution >= 4 is 21.8 Å². The van der Waals surface area contributed by atoms with Crippen LogP contribution in [0, 0.1) is 5.82 Å². The summed E-state index contributed by atoms with van der Waals surface area (Å²) < 4.78 is 52.2. The van der Waals surface area contributed by atoms with E-state index in [2.05, 4.69) is 4.72 Å². The van der Waals surface area contributed by atoms with Crippen LogP contribution in [0.15, 0.2) is 24.3 Å². The lowest BCUT2D eigenvalue weighted by Crippen LogP contribution is -2.59. The van der Waals surface area contributed by atoms with E-state index >= 15 is 0 Å². The second kappa shape index (κ2) is 9.93. The smallest absolute Gasteiger partial charge is 0.410 e. The van der Waals surface area contributed by atoms with Gasteiger partial charge in [-0.25, -0.2) is 22.3 Å². The molecule has 0 bridgehead atoms. The van der Waals surface area contributed by atoms with Crippen LogP contribution in [0.4, 0.5) is 14.9 Å². The first-order valence-electron chi connectivity index (χ1n) is 11.4. The first-order valence-corrected chi connectivity index (χ1v) is 13.2. The highest BCUT2D eigenvalue weighted by Gasteiger charge is 2.39. The van der Waals surface area contributed by atoms with Crippen LogP contribution in [-0.2, 0) is 19.5 Å². The summed E-state index contributed by atoms with van der Waals surface area (Å²) in [5, 5.41) is 0. The third kappa shape index (κ3) is 6.11. The zero-order chi connectivity index (χ0) is 22.7. The lowest BCUT2D eigenvalue weighted by Gasteiger charge is -2.41. The Morgan fingerprint density at radius 1 is 1.09 bits per heavy atom. The van der Waals surface area contributed by atoms with Crippen LogP contribution in [0.1, 0.15) is 38.5 Å². The summed E-state index contributed by atoms with van der Waals surface area (Å²) in [5.74, 6) is -0.228. The quantitative estimate of drug-likeness (QED) is 0.660. The Morgan fingerprint density at radius 2 is 1.81 bits per heavy atom. The number of hydrogen-bond acceptors (Lipinski definition) is 6. The van der Waals surface area contributed by atoms with Crippen molar-refractivity contribution in [1.82, 2.24) is 9.62 Å². The standard InChI is InChI=1S/C22H32FN3O5S/c1-32(28,29)24-19-6-4-12-26(22(27)31-17-8-9-17)21(19)15-30-16-10-13-25(14-11-16)20-7-3-2-5-18(20)23/h2-3,5,7,16-17,19,21,24H,4,6,8-15H2,1H3/t19-,21-/m0/s1. The molecule has 1 amide bonds. The molecule has 3 aliphatic rings. The molecule has 1 aliphatic carbocycles. The van der Waals surface area contributed by atoms with Crippen molar-refractivity contribution in [2.45, 2.75) is 62.8 Å². The van der Waals surface area contributed by atoms with E-state index in [4.69, 9.17) is 9.47 Å². The number of nitrogens with zero attached hydrogens (tertiary/aromatic N) is 2. The molecular formula is C22H32FN3O5S. The highest BCUT2D eigenvalue weighted by molar-refractivity contribution is 7.88. The molecule has 0 aromatic heterocycles. The van der Waals surface area contributed by atoms with Crippen molar-refractivity contribution in [2.75, 3.05) is 37.4 Å². The minimum absolute atomic E-state index is 0.0185. The zero-order valence-electron chi connectivity index (χ0n) is 18.4. The number of para-hydroxylation sites is 1. The number of carbonyl (C=O) groups is 1. The van der Waals surface area contributed by atoms with E-state index in [1.165, 1.54) is 6.07 Å². The Morgan fingerprint density at radius 3 is 2.47 bits per heavy atom. The average Bonchev–Trinajstić information content (AvgIpc) is 3.56. The summed E-state index contributed by atoms with van der Waals surface area (Å²) in [6.45, 7) is 2.11. The highest BCUT2D eigenvalue weighted by atomic mass is 32.2. The van der Waals surface area contributed by atoms with Gasteiger partial charge in [0.15, 0.2) is 0 Å². The lowest BCUT2D eigenvalue weighted by molar-refractivity contribution is -0.0214. The van der Waals surface area contributed by atoms with Crippen LogP contribution in [0.3, 0.4) is 0 Å². The van der Waals surface area contributed by atoms with Gasteiger partial charge in [-0.3, -0.25) is 0 Å². The molecule has 32 heavy (non-hydrogen) atoms. The number of amides is 1. The van der Waals surface area contributed by atoms with Gasteiger partial charge in [-0.1, -0.05) is 12.1 Å². The Balaban J connectivity index is 1.36. The number of anilines is 1. The maximum atomic E-state index is 14.1. The van der Waals surface area contributed by atoms with Crippen molar-refractivity contribution in [2.24, 2.45) is 0 Å². The number of nitrogens with one attached hydrogen (secondary N) is 1. The fraction of sp³-hybridized carbons (Fsp3) is 0.682. The first kappa shape index (κ1) is 23.3. The first-order chi connectivity index (χ1) is 15.3. The number of rotatable bonds is 7. The minimum atomic E-state index is -3.43. The molecule has 2 heterocycles. The molecule has 1 N–H and O–H groups in total. The largest absolute Gasteiger partial charge is 0.446 e. The second-order valence-corrected chi connectivity index (χ2v) is 10.7. The summed E-state index contributed by atoms with van der Waals surface area (Å²) in [5.41, 5.74) is 0.602. The number of halogens is 1. The summed E-state index contributed by atoms with van der Waals surface area (Å²) in [6, 6.07) is 5.92. The molecule has 1 aromatic carbocycles. The van der Waals surface area contributed by atoms with E-state index < -0.39 is 28.2 Å². The zero-order valence-corrected chi connectivity index (χ0v) is 19.2. The van der Waals surface area contributed by atoms with Crippen molar-refractivity contribution in [3.8, 4) is 0 Å². The Bertz CT molecular complexity index is 903. The predicted molar refractivity (Wildman–Crippen MR) is 119 cm³/mol. The highest BCUT2D eigenvalue weighted by Crippen LogP contribution is 2.28. The lowest BCUT2D eigenvalue weighted by atomic mass is 9.97. The number of likely N-dealkylation sites (tertiary alicyclic amines) is 1. The molecule has 2 atom stereocenters. The molecule has 8 nitrogen and oxygen atoms in total. The molecule has 178 valence electrons. The second-order valence-electron chi connectivity index (χ2n) is 8.95. The number of hydrogen-bond donors (Lipinski definition) is 1. The van der Waals surface area contributed by atoms with Crippen LogP contribution in [0.2, 0.25) is 0 Å². The number of ether oxygens (including phenoxy) is 2. The van der Waals surface area contributed by atoms with Gasteiger partial charge in [0.2, 0.25) is 10.0 Å².